The molecule has 0 aliphatic rings. The van der Waals surface area contributed by atoms with E-state index in [4.69, 9.17) is 16.4 Å². The van der Waals surface area contributed by atoms with Crippen molar-refractivity contribution in [1.82, 2.24) is 5.01 Å². The smallest absolute Gasteiger partial charge is 0.223 e. The monoisotopic (exact) mass is 410 g/mol. The van der Waals surface area contributed by atoms with Gasteiger partial charge in [0.15, 0.2) is 0 Å². The standard InChI is InChI=1S/C15H17BrN2O2.C2H6N2O/c1-10-8-11(19)6-7-15(10)20-9-12-13(16)4-3-5-14(12)18(2)17;1-4(3)2-5/h3-8,19H,9,17H2,1-2H3;2H,3H2,1H3. The number of carbonyl (C=O) groups is 1. The predicted molar refractivity (Wildman–Crippen MR) is 102 cm³/mol. The summed E-state index contributed by atoms with van der Waals surface area (Å²) in [6.45, 7) is 2.29. The van der Waals surface area contributed by atoms with E-state index in [0.717, 1.165) is 32.0 Å². The van der Waals surface area contributed by atoms with Crippen LogP contribution in [0, 0.1) is 6.92 Å². The van der Waals surface area contributed by atoms with E-state index in [1.54, 1.807) is 30.3 Å². The molecule has 136 valence electrons. The van der Waals surface area contributed by atoms with Crippen LogP contribution >= 0.6 is 15.9 Å². The van der Waals surface area contributed by atoms with Gasteiger partial charge in [0.05, 0.1) is 5.69 Å². The van der Waals surface area contributed by atoms with Gasteiger partial charge in [0, 0.05) is 24.1 Å². The fourth-order valence-electron chi connectivity index (χ4n) is 1.97. The summed E-state index contributed by atoms with van der Waals surface area (Å²) < 4.78 is 6.77. The van der Waals surface area contributed by atoms with Crippen LogP contribution in [0.4, 0.5) is 5.69 Å². The van der Waals surface area contributed by atoms with Crippen LogP contribution in [0.15, 0.2) is 40.9 Å². The van der Waals surface area contributed by atoms with Crippen molar-refractivity contribution < 1.29 is 14.6 Å². The first-order chi connectivity index (χ1) is 11.8. The molecule has 0 bridgehead atoms. The average molecular weight is 411 g/mol. The van der Waals surface area contributed by atoms with E-state index in [2.05, 4.69) is 15.9 Å². The number of halogens is 1. The first-order valence-electron chi connectivity index (χ1n) is 7.37. The van der Waals surface area contributed by atoms with Gasteiger partial charge in [0.2, 0.25) is 6.41 Å². The molecular weight excluding hydrogens is 388 g/mol. The number of amides is 1. The van der Waals surface area contributed by atoms with Gasteiger partial charge in [-0.3, -0.25) is 9.80 Å². The lowest BCUT2D eigenvalue weighted by molar-refractivity contribution is -0.117. The molecule has 0 spiro atoms. The van der Waals surface area contributed by atoms with Gasteiger partial charge < -0.3 is 14.9 Å². The molecule has 2 rings (SSSR count). The molecule has 0 fully saturated rings. The van der Waals surface area contributed by atoms with E-state index in [9.17, 15) is 9.90 Å². The number of hydrogen-bond acceptors (Lipinski definition) is 6. The van der Waals surface area contributed by atoms with Crippen molar-refractivity contribution in [2.75, 3.05) is 19.1 Å². The van der Waals surface area contributed by atoms with Crippen LogP contribution in [0.25, 0.3) is 0 Å². The zero-order valence-electron chi connectivity index (χ0n) is 14.4. The number of benzene rings is 2. The summed E-state index contributed by atoms with van der Waals surface area (Å²) in [7, 11) is 3.25. The number of hydrogen-bond donors (Lipinski definition) is 3. The molecule has 8 heteroatoms. The third-order valence-corrected chi connectivity index (χ3v) is 3.91. The quantitative estimate of drug-likeness (QED) is 0.302. The SMILES string of the molecule is CN(N)C=O.Cc1cc(O)ccc1OCc1c(Br)cccc1N(C)N. The molecule has 0 aromatic heterocycles. The van der Waals surface area contributed by atoms with Crippen molar-refractivity contribution in [2.24, 2.45) is 11.7 Å². The van der Waals surface area contributed by atoms with Crippen LogP contribution in [0.1, 0.15) is 11.1 Å². The molecule has 0 radical (unpaired) electrons. The Balaban J connectivity index is 0.000000550. The minimum absolute atomic E-state index is 0.234. The highest BCUT2D eigenvalue weighted by atomic mass is 79.9. The van der Waals surface area contributed by atoms with Crippen molar-refractivity contribution in [3.05, 3.63) is 52.0 Å². The first kappa shape index (κ1) is 20.8. The predicted octanol–water partition coefficient (Wildman–Crippen LogP) is 2.30. The summed E-state index contributed by atoms with van der Waals surface area (Å²) in [6, 6.07) is 10.9. The maximum Gasteiger partial charge on any atom is 0.223 e. The molecule has 5 N–H and O–H groups in total. The normalized spacial score (nSPS) is 9.68. The molecule has 2 aromatic carbocycles. The van der Waals surface area contributed by atoms with Gasteiger partial charge in [-0.15, -0.1) is 0 Å². The Kier molecular flexibility index (Phi) is 8.20. The van der Waals surface area contributed by atoms with Crippen molar-refractivity contribution in [2.45, 2.75) is 13.5 Å². The fraction of sp³-hybridized carbons (Fsp3) is 0.235. The molecule has 0 atom stereocenters. The lowest BCUT2D eigenvalue weighted by Gasteiger charge is -2.19. The second kappa shape index (κ2) is 9.87. The zero-order chi connectivity index (χ0) is 19.0. The third-order valence-electron chi connectivity index (χ3n) is 3.17. The van der Waals surface area contributed by atoms with Crippen molar-refractivity contribution in [3.8, 4) is 11.5 Å². The number of hydrazine groups is 2. The molecule has 0 unspecified atom stereocenters. The molecule has 0 saturated carbocycles. The number of nitrogens with two attached hydrogens (primary N) is 2. The van der Waals surface area contributed by atoms with Crippen molar-refractivity contribution in [1.29, 1.82) is 0 Å². The topological polar surface area (TPSA) is 105 Å². The molecule has 0 aliphatic carbocycles. The molecule has 1 amide bonds. The molecular formula is C17H23BrN4O3. The van der Waals surface area contributed by atoms with Gasteiger partial charge in [-0.1, -0.05) is 22.0 Å². The highest BCUT2D eigenvalue weighted by molar-refractivity contribution is 9.10. The molecule has 0 heterocycles. The van der Waals surface area contributed by atoms with Gasteiger partial charge in [-0.05, 0) is 42.8 Å². The number of aromatic hydroxyl groups is 1. The molecule has 0 aliphatic heterocycles. The number of nitrogens with zero attached hydrogens (tertiary/aromatic N) is 2. The van der Waals surface area contributed by atoms with Gasteiger partial charge in [0.25, 0.3) is 0 Å². The molecule has 2 aromatic rings. The number of carbonyl (C=O) groups excluding carboxylic acids is 1. The van der Waals surface area contributed by atoms with Crippen molar-refractivity contribution in [3.63, 3.8) is 0 Å². The summed E-state index contributed by atoms with van der Waals surface area (Å²) in [5.74, 6) is 11.6. The number of rotatable bonds is 5. The number of phenolic OH excluding ortho intramolecular Hbond substituents is 1. The number of anilines is 1. The Morgan fingerprint density at radius 2 is 1.88 bits per heavy atom. The number of phenols is 1. The molecule has 0 saturated heterocycles. The van der Waals surface area contributed by atoms with Crippen LogP contribution in [-0.4, -0.2) is 30.6 Å². The van der Waals surface area contributed by atoms with Crippen LogP contribution in [-0.2, 0) is 11.4 Å². The van der Waals surface area contributed by atoms with E-state index < -0.39 is 0 Å². The van der Waals surface area contributed by atoms with E-state index in [0.29, 0.717) is 13.0 Å². The van der Waals surface area contributed by atoms with E-state index in [1.807, 2.05) is 25.1 Å². The lowest BCUT2D eigenvalue weighted by atomic mass is 10.2. The van der Waals surface area contributed by atoms with E-state index in [1.165, 1.54) is 7.05 Å². The Morgan fingerprint density at radius 1 is 1.24 bits per heavy atom. The summed E-state index contributed by atoms with van der Waals surface area (Å²) in [6.07, 6.45) is 0.528. The zero-order valence-corrected chi connectivity index (χ0v) is 16.0. The first-order valence-corrected chi connectivity index (χ1v) is 8.16. The Morgan fingerprint density at radius 3 is 2.40 bits per heavy atom. The van der Waals surface area contributed by atoms with Crippen molar-refractivity contribution >= 4 is 28.0 Å². The summed E-state index contributed by atoms with van der Waals surface area (Å²) in [5.41, 5.74) is 2.76. The largest absolute Gasteiger partial charge is 0.508 e. The molecule has 7 nitrogen and oxygen atoms in total. The van der Waals surface area contributed by atoms with Crippen LogP contribution in [0.3, 0.4) is 0 Å². The Hall–Kier alpha value is -2.29. The molecule has 25 heavy (non-hydrogen) atoms. The number of ether oxygens (including phenoxy) is 1. The second-order valence-electron chi connectivity index (χ2n) is 5.36. The van der Waals surface area contributed by atoms with E-state index >= 15 is 0 Å². The highest BCUT2D eigenvalue weighted by Crippen LogP contribution is 2.29. The average Bonchev–Trinajstić information content (AvgIpc) is 2.55. The minimum atomic E-state index is 0.234. The summed E-state index contributed by atoms with van der Waals surface area (Å²) in [4.78, 5) is 9.31. The summed E-state index contributed by atoms with van der Waals surface area (Å²) >= 11 is 3.52. The second-order valence-corrected chi connectivity index (χ2v) is 6.21. The van der Waals surface area contributed by atoms with Gasteiger partial charge in [0.1, 0.15) is 18.1 Å². The van der Waals surface area contributed by atoms with Gasteiger partial charge in [-0.25, -0.2) is 11.7 Å². The van der Waals surface area contributed by atoms with Gasteiger partial charge in [-0.2, -0.15) is 0 Å². The number of aryl methyl sites for hydroxylation is 1. The lowest BCUT2D eigenvalue weighted by Crippen LogP contribution is -2.26. The van der Waals surface area contributed by atoms with E-state index in [-0.39, 0.29) is 5.75 Å². The van der Waals surface area contributed by atoms with Crippen LogP contribution in [0.5, 0.6) is 11.5 Å². The fourth-order valence-corrected chi connectivity index (χ4v) is 2.44. The van der Waals surface area contributed by atoms with Gasteiger partial charge >= 0.3 is 0 Å². The minimum Gasteiger partial charge on any atom is -0.508 e. The van der Waals surface area contributed by atoms with Crippen LogP contribution < -0.4 is 21.4 Å². The summed E-state index contributed by atoms with van der Waals surface area (Å²) in [5, 5.41) is 11.9. The third kappa shape index (κ3) is 6.61. The Bertz CT molecular complexity index is 708. The van der Waals surface area contributed by atoms with Crippen LogP contribution in [0.2, 0.25) is 0 Å². The Labute approximate surface area is 155 Å². The maximum absolute atomic E-state index is 9.40. The highest BCUT2D eigenvalue weighted by Gasteiger charge is 2.10. The maximum atomic E-state index is 9.40.